The summed E-state index contributed by atoms with van der Waals surface area (Å²) in [6.45, 7) is 10.2. The fraction of sp³-hybridized carbons (Fsp3) is 0.522. The molecular formula is C23H32N4O3S. The summed E-state index contributed by atoms with van der Waals surface area (Å²) in [5.41, 5.74) is 2.10. The van der Waals surface area contributed by atoms with Gasteiger partial charge in [-0.3, -0.25) is 15.1 Å². The molecular weight excluding hydrogens is 412 g/mol. The first-order chi connectivity index (χ1) is 14.8. The number of hydrogen-bond donors (Lipinski definition) is 2. The lowest BCUT2D eigenvalue weighted by Crippen LogP contribution is -2.55. The fourth-order valence-electron chi connectivity index (χ4n) is 3.69. The van der Waals surface area contributed by atoms with Crippen molar-refractivity contribution in [3.8, 4) is 11.3 Å². The van der Waals surface area contributed by atoms with Crippen molar-refractivity contribution in [2.45, 2.75) is 52.1 Å². The van der Waals surface area contributed by atoms with Crippen LogP contribution in [0.3, 0.4) is 0 Å². The smallest absolute Gasteiger partial charge is 0.325 e. The second-order valence-electron chi connectivity index (χ2n) is 8.06. The van der Waals surface area contributed by atoms with Gasteiger partial charge in [-0.1, -0.05) is 12.1 Å². The lowest BCUT2D eigenvalue weighted by Gasteiger charge is -2.41. The van der Waals surface area contributed by atoms with Crippen molar-refractivity contribution in [1.29, 1.82) is 5.41 Å². The van der Waals surface area contributed by atoms with Gasteiger partial charge in [-0.2, -0.15) is 0 Å². The standard InChI is InChI=1S/C23H32N4O3S/c1-5-29-20(24)17-9-7-16(8-10-17)19-15-31-22(26-19)25-18-11-13-27(14-12-18)23(3,4)21(28)30-6-2/h7-10,15,18,24H,5-6,11-14H2,1-4H3,(H,25,26). The number of carbonyl (C=O) groups is 1. The van der Waals surface area contributed by atoms with Gasteiger partial charge in [0.2, 0.25) is 5.90 Å². The quantitative estimate of drug-likeness (QED) is 0.357. The minimum absolute atomic E-state index is 0.159. The Balaban J connectivity index is 1.55. The minimum Gasteiger partial charge on any atom is -0.478 e. The molecule has 0 saturated carbocycles. The molecule has 2 aromatic rings. The highest BCUT2D eigenvalue weighted by molar-refractivity contribution is 7.14. The lowest BCUT2D eigenvalue weighted by molar-refractivity contribution is -0.156. The third-order valence-electron chi connectivity index (χ3n) is 5.62. The van der Waals surface area contributed by atoms with E-state index in [2.05, 4.69) is 10.2 Å². The second-order valence-corrected chi connectivity index (χ2v) is 8.92. The van der Waals surface area contributed by atoms with Crippen LogP contribution in [0.25, 0.3) is 11.3 Å². The highest BCUT2D eigenvalue weighted by Gasteiger charge is 2.38. The van der Waals surface area contributed by atoms with Crippen molar-refractivity contribution in [3.05, 3.63) is 35.2 Å². The van der Waals surface area contributed by atoms with E-state index in [0.29, 0.717) is 19.3 Å². The molecule has 8 heteroatoms. The van der Waals surface area contributed by atoms with Crippen LogP contribution in [0.15, 0.2) is 29.6 Å². The summed E-state index contributed by atoms with van der Waals surface area (Å²) in [5, 5.41) is 14.4. The molecule has 1 aliphatic heterocycles. The van der Waals surface area contributed by atoms with Crippen molar-refractivity contribution in [2.24, 2.45) is 0 Å². The number of hydrogen-bond acceptors (Lipinski definition) is 8. The van der Waals surface area contributed by atoms with Crippen LogP contribution in [-0.4, -0.2) is 59.6 Å². The van der Waals surface area contributed by atoms with Gasteiger partial charge in [0.25, 0.3) is 0 Å². The monoisotopic (exact) mass is 444 g/mol. The average Bonchev–Trinajstić information content (AvgIpc) is 3.23. The summed E-state index contributed by atoms with van der Waals surface area (Å²) < 4.78 is 10.5. The first-order valence-electron chi connectivity index (χ1n) is 10.8. The van der Waals surface area contributed by atoms with Crippen LogP contribution in [0.2, 0.25) is 0 Å². The molecule has 0 radical (unpaired) electrons. The largest absolute Gasteiger partial charge is 0.478 e. The van der Waals surface area contributed by atoms with E-state index in [-0.39, 0.29) is 11.9 Å². The van der Waals surface area contributed by atoms with E-state index < -0.39 is 5.54 Å². The number of carbonyl (C=O) groups excluding carboxylic acids is 1. The van der Waals surface area contributed by atoms with Gasteiger partial charge in [0, 0.05) is 35.6 Å². The molecule has 1 saturated heterocycles. The molecule has 3 rings (SSSR count). The number of anilines is 1. The van der Waals surface area contributed by atoms with Crippen LogP contribution in [0, 0.1) is 5.41 Å². The van der Waals surface area contributed by atoms with Crippen LogP contribution in [-0.2, 0) is 14.3 Å². The molecule has 1 aromatic carbocycles. The summed E-state index contributed by atoms with van der Waals surface area (Å²) in [7, 11) is 0. The Morgan fingerprint density at radius 2 is 1.84 bits per heavy atom. The fourth-order valence-corrected chi connectivity index (χ4v) is 4.48. The van der Waals surface area contributed by atoms with Gasteiger partial charge in [0.15, 0.2) is 5.13 Å². The maximum atomic E-state index is 12.3. The predicted molar refractivity (Wildman–Crippen MR) is 125 cm³/mol. The topological polar surface area (TPSA) is 87.5 Å². The Morgan fingerprint density at radius 3 is 2.45 bits per heavy atom. The van der Waals surface area contributed by atoms with E-state index in [1.165, 1.54) is 0 Å². The second kappa shape index (κ2) is 10.2. The number of aromatic nitrogens is 1. The zero-order chi connectivity index (χ0) is 22.4. The van der Waals surface area contributed by atoms with Crippen LogP contribution >= 0.6 is 11.3 Å². The highest BCUT2D eigenvalue weighted by atomic mass is 32.1. The zero-order valence-corrected chi connectivity index (χ0v) is 19.6. The molecule has 0 unspecified atom stereocenters. The summed E-state index contributed by atoms with van der Waals surface area (Å²) in [6.07, 6.45) is 1.90. The van der Waals surface area contributed by atoms with E-state index in [1.807, 2.05) is 57.3 Å². The number of likely N-dealkylation sites (tertiary alicyclic amines) is 1. The zero-order valence-electron chi connectivity index (χ0n) is 18.7. The third-order valence-corrected chi connectivity index (χ3v) is 6.40. The van der Waals surface area contributed by atoms with Gasteiger partial charge in [0.1, 0.15) is 5.54 Å². The van der Waals surface area contributed by atoms with Crippen LogP contribution in [0.1, 0.15) is 46.1 Å². The van der Waals surface area contributed by atoms with Gasteiger partial charge >= 0.3 is 5.97 Å². The van der Waals surface area contributed by atoms with E-state index in [0.717, 1.165) is 47.9 Å². The molecule has 2 heterocycles. The van der Waals surface area contributed by atoms with Crippen molar-refractivity contribution in [2.75, 3.05) is 31.6 Å². The summed E-state index contributed by atoms with van der Waals surface area (Å²) in [6, 6.07) is 8.05. The van der Waals surface area contributed by atoms with Crippen molar-refractivity contribution in [1.82, 2.24) is 9.88 Å². The molecule has 1 fully saturated rings. The Hall–Kier alpha value is -2.45. The molecule has 0 amide bonds. The van der Waals surface area contributed by atoms with E-state index in [4.69, 9.17) is 19.9 Å². The number of nitrogens with zero attached hydrogens (tertiary/aromatic N) is 2. The molecule has 31 heavy (non-hydrogen) atoms. The normalized spacial score (nSPS) is 15.5. The first-order valence-corrected chi connectivity index (χ1v) is 11.7. The molecule has 0 spiro atoms. The van der Waals surface area contributed by atoms with Crippen LogP contribution in [0.4, 0.5) is 5.13 Å². The molecule has 1 aromatic heterocycles. The maximum Gasteiger partial charge on any atom is 0.325 e. The molecule has 0 aliphatic carbocycles. The number of benzene rings is 1. The van der Waals surface area contributed by atoms with Gasteiger partial charge < -0.3 is 14.8 Å². The van der Waals surface area contributed by atoms with E-state index >= 15 is 0 Å². The molecule has 0 bridgehead atoms. The lowest BCUT2D eigenvalue weighted by atomic mass is 9.96. The third kappa shape index (κ3) is 5.62. The van der Waals surface area contributed by atoms with Gasteiger partial charge in [-0.15, -0.1) is 11.3 Å². The number of esters is 1. The number of thiazole rings is 1. The molecule has 168 valence electrons. The SMILES string of the molecule is CCOC(=N)c1ccc(-c2csc(NC3CCN(C(C)(C)C(=O)OCC)CC3)n2)cc1. The van der Waals surface area contributed by atoms with E-state index in [9.17, 15) is 4.79 Å². The average molecular weight is 445 g/mol. The van der Waals surface area contributed by atoms with Gasteiger partial charge in [0.05, 0.1) is 18.9 Å². The summed E-state index contributed by atoms with van der Waals surface area (Å²) in [4.78, 5) is 19.2. The highest BCUT2D eigenvalue weighted by Crippen LogP contribution is 2.28. The van der Waals surface area contributed by atoms with Crippen molar-refractivity contribution < 1.29 is 14.3 Å². The number of rotatable bonds is 8. The van der Waals surface area contributed by atoms with Gasteiger partial charge in [-0.05, 0) is 52.7 Å². The summed E-state index contributed by atoms with van der Waals surface area (Å²) >= 11 is 1.60. The molecule has 1 aliphatic rings. The van der Waals surface area contributed by atoms with Crippen LogP contribution < -0.4 is 5.32 Å². The Bertz CT molecular complexity index is 886. The van der Waals surface area contributed by atoms with Crippen molar-refractivity contribution >= 4 is 28.3 Å². The Morgan fingerprint density at radius 1 is 1.19 bits per heavy atom. The van der Waals surface area contributed by atoms with Crippen molar-refractivity contribution in [3.63, 3.8) is 0 Å². The predicted octanol–water partition coefficient (Wildman–Crippen LogP) is 4.39. The Labute approximate surface area is 188 Å². The summed E-state index contributed by atoms with van der Waals surface area (Å²) in [5.74, 6) is 0.0283. The van der Waals surface area contributed by atoms with Gasteiger partial charge in [-0.25, -0.2) is 4.98 Å². The minimum atomic E-state index is -0.597. The molecule has 0 atom stereocenters. The number of piperidine rings is 1. The molecule has 7 nitrogen and oxygen atoms in total. The maximum absolute atomic E-state index is 12.3. The Kier molecular flexibility index (Phi) is 7.67. The number of ether oxygens (including phenoxy) is 2. The van der Waals surface area contributed by atoms with Crippen LogP contribution in [0.5, 0.6) is 0 Å². The van der Waals surface area contributed by atoms with E-state index in [1.54, 1.807) is 11.3 Å². The number of nitrogens with one attached hydrogen (secondary N) is 2. The molecule has 2 N–H and O–H groups in total. The first kappa shape index (κ1) is 23.2.